The van der Waals surface area contributed by atoms with Crippen LogP contribution in [-0.2, 0) is 9.59 Å². The smallest absolute Gasteiger partial charge is 0.481 e. The van der Waals surface area contributed by atoms with Gasteiger partial charge in [0.15, 0.2) is 0 Å². The van der Waals surface area contributed by atoms with E-state index in [4.69, 9.17) is 25.3 Å². The Morgan fingerprint density at radius 1 is 0.923 bits per heavy atom. The summed E-state index contributed by atoms with van der Waals surface area (Å²) in [4.78, 5) is 18.9. The van der Waals surface area contributed by atoms with Gasteiger partial charge in [-0.25, -0.2) is 0 Å². The van der Waals surface area contributed by atoms with Crippen LogP contribution in [0, 0.1) is 0 Å². The topological polar surface area (TPSA) is 135 Å². The Balaban J connectivity index is -0.0000000600. The number of aliphatic carboxylic acids is 2. The summed E-state index contributed by atoms with van der Waals surface area (Å²) in [7, 11) is -2.17. The normalized spacial score (nSPS) is 6.38. The van der Waals surface area contributed by atoms with E-state index in [9.17, 15) is 9.59 Å². The molecule has 5 N–H and O–H groups in total. The molecule has 13 heavy (non-hydrogen) atoms. The third-order valence-electron chi connectivity index (χ3n) is 0.302. The molecular weight excluding hydrogens is 197 g/mol. The van der Waals surface area contributed by atoms with Gasteiger partial charge in [-0.1, -0.05) is 0 Å². The van der Waals surface area contributed by atoms with Crippen LogP contribution in [0.3, 0.4) is 0 Å². The molecule has 0 fully saturated rings. The largest absolute Gasteiger partial charge is 0.631 e. The van der Waals surface area contributed by atoms with E-state index >= 15 is 0 Å². The molecule has 0 saturated heterocycles. The van der Waals surface area contributed by atoms with Gasteiger partial charge in [0.2, 0.25) is 0 Å². The molecule has 0 atom stereocenters. The summed E-state index contributed by atoms with van der Waals surface area (Å²) in [5.74, 6) is -2.62. The highest BCUT2D eigenvalue weighted by Gasteiger charge is 2.01. The first-order valence-electron chi connectivity index (χ1n) is 2.34. The first-order chi connectivity index (χ1) is 4.86. The van der Waals surface area contributed by atoms with Gasteiger partial charge in [0.05, 0.1) is 0 Å². The lowest BCUT2D eigenvalue weighted by Gasteiger charge is -1.80. The average Bonchev–Trinajstić information content (AvgIpc) is 1.56. The van der Waals surface area contributed by atoms with Crippen LogP contribution in [0.15, 0.2) is 0 Å². The lowest BCUT2D eigenvalue weighted by atomic mass is 10.3. The van der Waals surface area contributed by atoms with Gasteiger partial charge in [-0.2, -0.15) is 0 Å². The number of halogens is 2. The molecule has 0 aliphatic carbocycles. The van der Waals surface area contributed by atoms with Crippen molar-refractivity contribution in [2.45, 2.75) is 6.42 Å². The molecule has 7 nitrogen and oxygen atoms in total. The van der Waals surface area contributed by atoms with E-state index in [1.165, 1.54) is 0 Å². The second kappa shape index (κ2) is 13.3. The number of hydrogen-bond acceptors (Lipinski definition) is 5. The van der Waals surface area contributed by atoms with Crippen molar-refractivity contribution in [2.24, 2.45) is 0 Å². The van der Waals surface area contributed by atoms with Crippen molar-refractivity contribution >= 4 is 19.3 Å². The van der Waals surface area contributed by atoms with Gasteiger partial charge in [-0.05, 0) is 0 Å². The van der Waals surface area contributed by atoms with E-state index in [2.05, 4.69) is 0 Å². The highest BCUT2D eigenvalue weighted by atomic mass is 19.0. The lowest BCUT2D eigenvalue weighted by Crippen LogP contribution is -2.07. The molecule has 0 aromatic heterocycles. The van der Waals surface area contributed by atoms with Crippen LogP contribution in [-0.4, -0.2) is 44.5 Å². The van der Waals surface area contributed by atoms with Gasteiger partial charge >= 0.3 is 19.3 Å². The van der Waals surface area contributed by atoms with Crippen LogP contribution in [0.2, 0.25) is 0 Å². The minimum Gasteiger partial charge on any atom is -0.481 e. The summed E-state index contributed by atoms with van der Waals surface area (Å²) >= 11 is 0. The fourth-order valence-corrected chi connectivity index (χ4v) is 0.129. The summed E-state index contributed by atoms with van der Waals surface area (Å²) < 4.78 is 0. The zero-order valence-electron chi connectivity index (χ0n) is 6.15. The van der Waals surface area contributed by atoms with Crippen molar-refractivity contribution in [3.8, 4) is 0 Å². The summed E-state index contributed by atoms with van der Waals surface area (Å²) in [6.45, 7) is 0. The summed E-state index contributed by atoms with van der Waals surface area (Å²) in [6, 6.07) is 0. The Kier molecular flexibility index (Phi) is 23.2. The Hall–Kier alpha value is -1.26. The molecular formula is C3H9BF2O7. The molecule has 0 spiro atoms. The summed E-state index contributed by atoms with van der Waals surface area (Å²) in [6.07, 6.45) is -0.806. The average molecular weight is 206 g/mol. The van der Waals surface area contributed by atoms with Crippen molar-refractivity contribution in [2.75, 3.05) is 0 Å². The number of hydrogen-bond donors (Lipinski definition) is 5. The maximum Gasteiger partial charge on any atom is 0.631 e. The zero-order valence-corrected chi connectivity index (χ0v) is 6.15. The molecule has 0 aromatic rings. The van der Waals surface area contributed by atoms with Crippen LogP contribution < -0.4 is 0 Å². The Bertz CT molecular complexity index is 125. The molecule has 0 aliphatic rings. The maximum absolute atomic E-state index is 9.43. The van der Waals surface area contributed by atoms with Gasteiger partial charge in [0, 0.05) is 0 Å². The first kappa shape index (κ1) is 22.6. The molecule has 0 aliphatic heterocycles. The SMILES string of the molecule is F.F.O=C(O)CC(=O)O.OB(O)O. The molecule has 0 unspecified atom stereocenters. The molecule has 10 heteroatoms. The minimum atomic E-state index is -2.17. The lowest BCUT2D eigenvalue weighted by molar-refractivity contribution is -0.147. The standard InChI is InChI=1S/C3H4O4.BH3O3.2FH/c4-2(5)1-3(6)7;2-1(3)4;;/h1H2,(H,4,5)(H,6,7);2-4H;2*1H. The molecule has 0 saturated carbocycles. The molecule has 0 aromatic carbocycles. The van der Waals surface area contributed by atoms with Gasteiger partial charge in [-0.15, -0.1) is 0 Å². The van der Waals surface area contributed by atoms with Gasteiger partial charge in [0.1, 0.15) is 6.42 Å². The predicted molar refractivity (Wildman–Crippen MR) is 37.3 cm³/mol. The molecule has 0 bridgehead atoms. The van der Waals surface area contributed by atoms with Crippen LogP contribution >= 0.6 is 0 Å². The number of rotatable bonds is 2. The van der Waals surface area contributed by atoms with E-state index in [-0.39, 0.29) is 9.41 Å². The highest BCUT2D eigenvalue weighted by molar-refractivity contribution is 6.30. The van der Waals surface area contributed by atoms with Crippen molar-refractivity contribution in [1.29, 1.82) is 0 Å². The van der Waals surface area contributed by atoms with E-state index in [0.29, 0.717) is 0 Å². The van der Waals surface area contributed by atoms with Crippen molar-refractivity contribution in [3.05, 3.63) is 0 Å². The monoisotopic (exact) mass is 206 g/mol. The Morgan fingerprint density at radius 3 is 1.08 bits per heavy atom. The predicted octanol–water partition coefficient (Wildman–Crippen LogP) is -2.20. The summed E-state index contributed by atoms with van der Waals surface area (Å²) in [5.41, 5.74) is 0. The van der Waals surface area contributed by atoms with Gasteiger partial charge in [0.25, 0.3) is 0 Å². The van der Waals surface area contributed by atoms with Crippen molar-refractivity contribution < 1.29 is 44.3 Å². The van der Waals surface area contributed by atoms with E-state index in [0.717, 1.165) is 0 Å². The molecule has 0 amide bonds. The zero-order chi connectivity index (χ0) is 9.44. The second-order valence-electron chi connectivity index (χ2n) is 1.31. The number of carboxylic acid groups (broad SMARTS) is 2. The van der Waals surface area contributed by atoms with Crippen molar-refractivity contribution in [3.63, 3.8) is 0 Å². The first-order valence-corrected chi connectivity index (χ1v) is 2.34. The molecule has 0 radical (unpaired) electrons. The van der Waals surface area contributed by atoms with Crippen LogP contribution in [0.1, 0.15) is 6.42 Å². The fourth-order valence-electron chi connectivity index (χ4n) is 0.129. The van der Waals surface area contributed by atoms with E-state index in [1.54, 1.807) is 0 Å². The summed E-state index contributed by atoms with van der Waals surface area (Å²) in [5, 5.41) is 36.9. The van der Waals surface area contributed by atoms with Crippen LogP contribution in [0.5, 0.6) is 0 Å². The molecule has 0 rings (SSSR count). The maximum atomic E-state index is 9.43. The number of carboxylic acids is 2. The van der Waals surface area contributed by atoms with Gasteiger partial charge < -0.3 is 25.3 Å². The van der Waals surface area contributed by atoms with E-state index in [1.807, 2.05) is 0 Å². The minimum absolute atomic E-state index is 0. The van der Waals surface area contributed by atoms with Crippen LogP contribution in [0.25, 0.3) is 0 Å². The highest BCUT2D eigenvalue weighted by Crippen LogP contribution is 1.74. The third kappa shape index (κ3) is 109. The third-order valence-corrected chi connectivity index (χ3v) is 0.302. The molecule has 0 heterocycles. The Morgan fingerprint density at radius 2 is 1.08 bits per heavy atom. The Labute approximate surface area is 71.2 Å². The quantitative estimate of drug-likeness (QED) is 0.255. The van der Waals surface area contributed by atoms with Crippen LogP contribution in [0.4, 0.5) is 9.41 Å². The van der Waals surface area contributed by atoms with Crippen molar-refractivity contribution in [1.82, 2.24) is 0 Å². The van der Waals surface area contributed by atoms with Gasteiger partial charge in [-0.3, -0.25) is 19.0 Å². The van der Waals surface area contributed by atoms with E-state index < -0.39 is 25.7 Å². The fraction of sp³-hybridized carbons (Fsp3) is 0.333. The number of carbonyl (C=O) groups is 2. The molecule has 80 valence electrons. The second-order valence-corrected chi connectivity index (χ2v) is 1.31.